The number of nitrogens with zero attached hydrogens (tertiary/aromatic N) is 4. The minimum Gasteiger partial charge on any atom is -0.368 e. The van der Waals surface area contributed by atoms with Crippen molar-refractivity contribution < 1.29 is 14.3 Å². The maximum atomic E-state index is 12.5. The lowest BCUT2D eigenvalue weighted by atomic mass is 10.2. The Morgan fingerprint density at radius 1 is 1.23 bits per heavy atom. The van der Waals surface area contributed by atoms with Gasteiger partial charge >= 0.3 is 0 Å². The Bertz CT molecular complexity index is 704. The van der Waals surface area contributed by atoms with Crippen molar-refractivity contribution in [3.63, 3.8) is 0 Å². The molecule has 30 heavy (non-hydrogen) atoms. The quantitative estimate of drug-likeness (QED) is 0.244. The lowest BCUT2D eigenvalue weighted by Gasteiger charge is -2.37. The third kappa shape index (κ3) is 6.79. The molecule has 0 saturated carbocycles. The molecule has 1 unspecified atom stereocenters. The van der Waals surface area contributed by atoms with E-state index in [1.165, 1.54) is 0 Å². The summed E-state index contributed by atoms with van der Waals surface area (Å²) in [6.45, 7) is 7.18. The molecule has 9 nitrogen and oxygen atoms in total. The minimum absolute atomic E-state index is 0. The number of rotatable bonds is 6. The van der Waals surface area contributed by atoms with Gasteiger partial charge in [0, 0.05) is 58.3 Å². The maximum Gasteiger partial charge on any atom is 0.252 e. The van der Waals surface area contributed by atoms with Crippen molar-refractivity contribution in [3.8, 4) is 0 Å². The van der Waals surface area contributed by atoms with Crippen LogP contribution in [0.4, 0.5) is 0 Å². The number of halogens is 1. The van der Waals surface area contributed by atoms with E-state index in [2.05, 4.69) is 25.5 Å². The molecule has 0 aromatic carbocycles. The number of nitrogens with one attached hydrogen (secondary N) is 2. The second kappa shape index (κ2) is 12.7. The highest BCUT2D eigenvalue weighted by Crippen LogP contribution is 2.16. The van der Waals surface area contributed by atoms with Crippen molar-refractivity contribution in [1.29, 1.82) is 0 Å². The fourth-order valence-corrected chi connectivity index (χ4v) is 3.47. The molecule has 2 aliphatic rings. The van der Waals surface area contributed by atoms with Crippen LogP contribution in [0.3, 0.4) is 0 Å². The van der Waals surface area contributed by atoms with Gasteiger partial charge in [0.2, 0.25) is 0 Å². The van der Waals surface area contributed by atoms with Crippen LogP contribution in [0.1, 0.15) is 30.1 Å². The first-order valence-corrected chi connectivity index (χ1v) is 10.3. The highest BCUT2D eigenvalue weighted by atomic mass is 127. The number of piperazine rings is 1. The average molecular weight is 530 g/mol. The molecular weight excluding hydrogens is 499 g/mol. The van der Waals surface area contributed by atoms with Crippen LogP contribution >= 0.6 is 24.0 Å². The summed E-state index contributed by atoms with van der Waals surface area (Å²) in [4.78, 5) is 37.2. The Morgan fingerprint density at radius 2 is 2.00 bits per heavy atom. The Balaban J connectivity index is 0.00000320. The van der Waals surface area contributed by atoms with Gasteiger partial charge in [-0.1, -0.05) is 0 Å². The van der Waals surface area contributed by atoms with Crippen LogP contribution in [0.15, 0.2) is 29.5 Å². The first kappa shape index (κ1) is 24.3. The van der Waals surface area contributed by atoms with E-state index in [4.69, 9.17) is 4.74 Å². The third-order valence-corrected chi connectivity index (χ3v) is 5.01. The van der Waals surface area contributed by atoms with Crippen LogP contribution in [0.2, 0.25) is 0 Å². The molecule has 3 heterocycles. The van der Waals surface area contributed by atoms with E-state index in [0.29, 0.717) is 38.3 Å². The highest BCUT2D eigenvalue weighted by molar-refractivity contribution is 14.0. The van der Waals surface area contributed by atoms with E-state index < -0.39 is 0 Å². The SMILES string of the molecule is CCNC(=NCCNC(=O)c1cccnc1)N1CCN(C(=O)C2CCCO2)CC1.I. The molecule has 10 heteroatoms. The molecule has 0 bridgehead atoms. The molecule has 2 N–H and O–H groups in total. The minimum atomic E-state index is -0.258. The van der Waals surface area contributed by atoms with Crippen LogP contribution in [0, 0.1) is 0 Å². The van der Waals surface area contributed by atoms with Gasteiger partial charge in [-0.25, -0.2) is 0 Å². The maximum absolute atomic E-state index is 12.5. The molecule has 166 valence electrons. The fourth-order valence-electron chi connectivity index (χ4n) is 3.47. The largest absolute Gasteiger partial charge is 0.368 e. The molecule has 2 fully saturated rings. The zero-order valence-corrected chi connectivity index (χ0v) is 19.7. The molecule has 2 aliphatic heterocycles. The number of carbonyl (C=O) groups is 2. The molecular formula is C20H31IN6O3. The van der Waals surface area contributed by atoms with E-state index in [9.17, 15) is 9.59 Å². The Labute approximate surface area is 194 Å². The molecule has 0 aliphatic carbocycles. The van der Waals surface area contributed by atoms with Gasteiger partial charge in [-0.3, -0.25) is 19.6 Å². The van der Waals surface area contributed by atoms with Crippen LogP contribution < -0.4 is 10.6 Å². The van der Waals surface area contributed by atoms with Crippen molar-refractivity contribution in [2.24, 2.45) is 4.99 Å². The van der Waals surface area contributed by atoms with Gasteiger partial charge in [-0.2, -0.15) is 0 Å². The van der Waals surface area contributed by atoms with E-state index >= 15 is 0 Å². The van der Waals surface area contributed by atoms with Gasteiger partial charge in [0.1, 0.15) is 6.10 Å². The lowest BCUT2D eigenvalue weighted by Crippen LogP contribution is -2.55. The zero-order chi connectivity index (χ0) is 20.5. The summed E-state index contributed by atoms with van der Waals surface area (Å²) in [7, 11) is 0. The van der Waals surface area contributed by atoms with Gasteiger partial charge in [0.05, 0.1) is 12.1 Å². The summed E-state index contributed by atoms with van der Waals surface area (Å²) >= 11 is 0. The number of hydrogen-bond donors (Lipinski definition) is 2. The fraction of sp³-hybridized carbons (Fsp3) is 0.600. The predicted molar refractivity (Wildman–Crippen MR) is 125 cm³/mol. The summed E-state index contributed by atoms with van der Waals surface area (Å²) < 4.78 is 5.52. The topological polar surface area (TPSA) is 99.2 Å². The van der Waals surface area contributed by atoms with Gasteiger partial charge in [0.15, 0.2) is 5.96 Å². The highest BCUT2D eigenvalue weighted by Gasteiger charge is 2.30. The number of aromatic nitrogens is 1. The summed E-state index contributed by atoms with van der Waals surface area (Å²) in [5.74, 6) is 0.772. The van der Waals surface area contributed by atoms with E-state index in [1.54, 1.807) is 24.5 Å². The molecule has 1 atom stereocenters. The van der Waals surface area contributed by atoms with Crippen LogP contribution in [-0.4, -0.2) is 91.1 Å². The van der Waals surface area contributed by atoms with Crippen molar-refractivity contribution in [1.82, 2.24) is 25.4 Å². The second-order valence-corrected chi connectivity index (χ2v) is 7.05. The number of pyridine rings is 1. The summed E-state index contributed by atoms with van der Waals surface area (Å²) in [5, 5.41) is 6.15. The molecule has 0 spiro atoms. The smallest absolute Gasteiger partial charge is 0.252 e. The first-order chi connectivity index (χ1) is 14.2. The number of amides is 2. The third-order valence-electron chi connectivity index (χ3n) is 5.01. The number of guanidine groups is 1. The summed E-state index contributed by atoms with van der Waals surface area (Å²) in [5.41, 5.74) is 0.537. The van der Waals surface area contributed by atoms with Gasteiger partial charge in [0.25, 0.3) is 11.8 Å². The molecule has 0 radical (unpaired) electrons. The van der Waals surface area contributed by atoms with E-state index in [-0.39, 0.29) is 41.9 Å². The molecule has 3 rings (SSSR count). The number of aliphatic imine (C=N–C) groups is 1. The number of carbonyl (C=O) groups excluding carboxylic acids is 2. The van der Waals surface area contributed by atoms with E-state index in [0.717, 1.165) is 38.4 Å². The lowest BCUT2D eigenvalue weighted by molar-refractivity contribution is -0.142. The van der Waals surface area contributed by atoms with Crippen LogP contribution in [-0.2, 0) is 9.53 Å². The van der Waals surface area contributed by atoms with E-state index in [1.807, 2.05) is 11.8 Å². The summed E-state index contributed by atoms with van der Waals surface area (Å²) in [6, 6.07) is 3.46. The zero-order valence-electron chi connectivity index (χ0n) is 17.4. The standard InChI is InChI=1S/C20H30N6O3.HI/c1-2-22-20(24-9-8-23-18(27)16-5-3-7-21-15-16)26-12-10-25(11-13-26)19(28)17-6-4-14-29-17;/h3,5,7,15,17H,2,4,6,8-14H2,1H3,(H,22,24)(H,23,27);1H. The molecule has 1 aromatic heterocycles. The molecule has 2 saturated heterocycles. The Morgan fingerprint density at radius 3 is 2.63 bits per heavy atom. The van der Waals surface area contributed by atoms with Crippen molar-refractivity contribution in [2.45, 2.75) is 25.9 Å². The monoisotopic (exact) mass is 530 g/mol. The molecule has 1 aromatic rings. The average Bonchev–Trinajstić information content (AvgIpc) is 3.31. The summed E-state index contributed by atoms with van der Waals surface area (Å²) in [6.07, 6.45) is 4.71. The van der Waals surface area contributed by atoms with Crippen molar-refractivity contribution in [2.75, 3.05) is 52.4 Å². The second-order valence-electron chi connectivity index (χ2n) is 7.05. The Hall–Kier alpha value is -1.95. The van der Waals surface area contributed by atoms with Gasteiger partial charge < -0.3 is 25.2 Å². The predicted octanol–water partition coefficient (Wildman–Crippen LogP) is 0.718. The van der Waals surface area contributed by atoms with Crippen LogP contribution in [0.5, 0.6) is 0 Å². The van der Waals surface area contributed by atoms with Crippen molar-refractivity contribution >= 4 is 41.8 Å². The van der Waals surface area contributed by atoms with Gasteiger partial charge in [-0.05, 0) is 31.9 Å². The normalized spacial score (nSPS) is 19.2. The van der Waals surface area contributed by atoms with Crippen LogP contribution in [0.25, 0.3) is 0 Å². The van der Waals surface area contributed by atoms with Gasteiger partial charge in [-0.15, -0.1) is 24.0 Å². The molecule has 2 amide bonds. The first-order valence-electron chi connectivity index (χ1n) is 10.3. The number of hydrogen-bond acceptors (Lipinski definition) is 5. The number of ether oxygens (including phenoxy) is 1. The Kier molecular flexibility index (Phi) is 10.3. The van der Waals surface area contributed by atoms with Crippen molar-refractivity contribution in [3.05, 3.63) is 30.1 Å².